The first-order valence-electron chi connectivity index (χ1n) is 10.7. The monoisotopic (exact) mass is 431 g/mol. The number of carbonyl (C=O) groups excluding carboxylic acids is 1. The van der Waals surface area contributed by atoms with Gasteiger partial charge in [-0.25, -0.2) is 0 Å². The van der Waals surface area contributed by atoms with Crippen LogP contribution in [0.5, 0.6) is 5.88 Å². The van der Waals surface area contributed by atoms with Gasteiger partial charge in [0, 0.05) is 10.9 Å². The number of azo groups is 1. The zero-order valence-electron chi connectivity index (χ0n) is 17.8. The van der Waals surface area contributed by atoms with Gasteiger partial charge in [-0.1, -0.05) is 91.0 Å². The van der Waals surface area contributed by atoms with Gasteiger partial charge >= 0.3 is 0 Å². The number of amides is 1. The molecule has 0 aliphatic carbocycles. The van der Waals surface area contributed by atoms with Crippen molar-refractivity contribution in [1.29, 1.82) is 0 Å². The molecule has 1 amide bonds. The SMILES string of the molecule is O=C(N=Nc1c(O)n(Cc2ccccc2)c2ccccc12)c1ccc(-c2ccccc2)cc1. The van der Waals surface area contributed by atoms with Crippen LogP contribution >= 0.6 is 0 Å². The number of aromatic hydroxyl groups is 1. The number of carbonyl (C=O) groups is 1. The summed E-state index contributed by atoms with van der Waals surface area (Å²) < 4.78 is 1.78. The van der Waals surface area contributed by atoms with Gasteiger partial charge in [-0.2, -0.15) is 0 Å². The smallest absolute Gasteiger partial charge is 0.295 e. The van der Waals surface area contributed by atoms with Crippen molar-refractivity contribution < 1.29 is 9.90 Å². The molecule has 5 rings (SSSR count). The van der Waals surface area contributed by atoms with Crippen LogP contribution in [0.3, 0.4) is 0 Å². The average Bonchev–Trinajstić information content (AvgIpc) is 3.14. The summed E-state index contributed by atoms with van der Waals surface area (Å²) in [5, 5.41) is 19.7. The maximum absolute atomic E-state index is 12.7. The van der Waals surface area contributed by atoms with Crippen LogP contribution in [0.4, 0.5) is 5.69 Å². The van der Waals surface area contributed by atoms with Gasteiger partial charge in [0.2, 0.25) is 5.88 Å². The number of fused-ring (bicyclic) bond motifs is 1. The second kappa shape index (κ2) is 8.93. The van der Waals surface area contributed by atoms with Gasteiger partial charge in [0.15, 0.2) is 5.69 Å². The molecular formula is C28H21N3O2. The Morgan fingerprint density at radius 2 is 1.33 bits per heavy atom. The van der Waals surface area contributed by atoms with E-state index in [-0.39, 0.29) is 11.6 Å². The van der Waals surface area contributed by atoms with Crippen LogP contribution in [-0.2, 0) is 6.54 Å². The van der Waals surface area contributed by atoms with Crippen molar-refractivity contribution >= 4 is 22.5 Å². The fraction of sp³-hybridized carbons (Fsp3) is 0.0357. The first-order chi connectivity index (χ1) is 16.2. The summed E-state index contributed by atoms with van der Waals surface area (Å²) in [5.41, 5.74) is 4.70. The van der Waals surface area contributed by atoms with Crippen LogP contribution in [0, 0.1) is 0 Å². The largest absolute Gasteiger partial charge is 0.493 e. The van der Waals surface area contributed by atoms with Crippen LogP contribution in [0.25, 0.3) is 22.0 Å². The highest BCUT2D eigenvalue weighted by Gasteiger charge is 2.17. The molecule has 0 saturated carbocycles. The molecule has 4 aromatic carbocycles. The Morgan fingerprint density at radius 1 is 0.727 bits per heavy atom. The minimum absolute atomic E-state index is 0.0176. The predicted molar refractivity (Wildman–Crippen MR) is 130 cm³/mol. The number of nitrogens with zero attached hydrogens (tertiary/aromatic N) is 3. The molecule has 33 heavy (non-hydrogen) atoms. The molecule has 0 radical (unpaired) electrons. The van der Waals surface area contributed by atoms with E-state index in [2.05, 4.69) is 10.2 Å². The highest BCUT2D eigenvalue weighted by Crippen LogP contribution is 2.39. The minimum atomic E-state index is -0.464. The predicted octanol–water partition coefficient (Wildman–Crippen LogP) is 6.99. The Labute approximate surface area is 191 Å². The summed E-state index contributed by atoms with van der Waals surface area (Å²) in [5.74, 6) is -0.482. The molecule has 1 heterocycles. The lowest BCUT2D eigenvalue weighted by Crippen LogP contribution is -1.98. The zero-order valence-corrected chi connectivity index (χ0v) is 17.8. The summed E-state index contributed by atoms with van der Waals surface area (Å²) in [6, 6.07) is 34.6. The van der Waals surface area contributed by atoms with Gasteiger partial charge < -0.3 is 9.67 Å². The molecule has 5 heteroatoms. The second-order valence-electron chi connectivity index (χ2n) is 7.71. The summed E-state index contributed by atoms with van der Waals surface area (Å²) in [6.07, 6.45) is 0. The lowest BCUT2D eigenvalue weighted by molar-refractivity contribution is 0.0995. The van der Waals surface area contributed by atoms with Crippen molar-refractivity contribution in [3.63, 3.8) is 0 Å². The first-order valence-corrected chi connectivity index (χ1v) is 10.7. The van der Waals surface area contributed by atoms with Gasteiger partial charge in [0.25, 0.3) is 5.91 Å². The Balaban J connectivity index is 1.43. The van der Waals surface area contributed by atoms with E-state index in [9.17, 15) is 9.90 Å². The molecule has 1 N–H and O–H groups in total. The van der Waals surface area contributed by atoms with E-state index in [4.69, 9.17) is 0 Å². The molecule has 5 aromatic rings. The molecule has 0 bridgehead atoms. The van der Waals surface area contributed by atoms with E-state index >= 15 is 0 Å². The van der Waals surface area contributed by atoms with Crippen molar-refractivity contribution in [2.75, 3.05) is 0 Å². The molecule has 0 aliphatic heterocycles. The number of hydrogen-bond donors (Lipinski definition) is 1. The van der Waals surface area contributed by atoms with Crippen LogP contribution in [0.1, 0.15) is 15.9 Å². The third-order valence-electron chi connectivity index (χ3n) is 5.58. The summed E-state index contributed by atoms with van der Waals surface area (Å²) >= 11 is 0. The number of aromatic nitrogens is 1. The van der Waals surface area contributed by atoms with Gasteiger partial charge in [-0.05, 0) is 34.9 Å². The first kappa shape index (κ1) is 20.4. The molecule has 5 nitrogen and oxygen atoms in total. The third kappa shape index (κ3) is 4.16. The summed E-state index contributed by atoms with van der Waals surface area (Å²) in [4.78, 5) is 12.7. The van der Waals surface area contributed by atoms with E-state index in [1.54, 1.807) is 16.7 Å². The molecule has 0 aliphatic rings. The molecule has 0 spiro atoms. The summed E-state index contributed by atoms with van der Waals surface area (Å²) in [6.45, 7) is 0.484. The number of benzene rings is 4. The molecule has 160 valence electrons. The molecule has 0 unspecified atom stereocenters. The van der Waals surface area contributed by atoms with Crippen LogP contribution in [0.15, 0.2) is 119 Å². The highest BCUT2D eigenvalue weighted by molar-refractivity contribution is 5.97. The fourth-order valence-corrected chi connectivity index (χ4v) is 3.89. The topological polar surface area (TPSA) is 66.9 Å². The Kier molecular flexibility index (Phi) is 5.52. The molecule has 1 aromatic heterocycles. The van der Waals surface area contributed by atoms with Gasteiger partial charge in [0.1, 0.15) is 0 Å². The molecule has 0 fully saturated rings. The number of para-hydroxylation sites is 1. The number of rotatable bonds is 5. The lowest BCUT2D eigenvalue weighted by atomic mass is 10.0. The minimum Gasteiger partial charge on any atom is -0.493 e. The van der Waals surface area contributed by atoms with Crippen molar-refractivity contribution in [2.45, 2.75) is 6.54 Å². The van der Waals surface area contributed by atoms with Crippen molar-refractivity contribution in [1.82, 2.24) is 4.57 Å². The van der Waals surface area contributed by atoms with Crippen molar-refractivity contribution in [2.24, 2.45) is 10.2 Å². The van der Waals surface area contributed by atoms with E-state index in [1.165, 1.54) is 0 Å². The van der Waals surface area contributed by atoms with E-state index in [0.29, 0.717) is 12.1 Å². The Hall–Kier alpha value is -4.51. The van der Waals surface area contributed by atoms with E-state index in [1.807, 2.05) is 97.1 Å². The van der Waals surface area contributed by atoms with E-state index < -0.39 is 5.91 Å². The maximum Gasteiger partial charge on any atom is 0.295 e. The summed E-state index contributed by atoms with van der Waals surface area (Å²) in [7, 11) is 0. The van der Waals surface area contributed by atoms with Crippen LogP contribution < -0.4 is 0 Å². The maximum atomic E-state index is 12.7. The molecule has 0 saturated heterocycles. The van der Waals surface area contributed by atoms with E-state index in [0.717, 1.165) is 27.6 Å². The molecular weight excluding hydrogens is 410 g/mol. The quantitative estimate of drug-likeness (QED) is 0.305. The normalized spacial score (nSPS) is 11.3. The average molecular weight is 431 g/mol. The van der Waals surface area contributed by atoms with Crippen molar-refractivity contribution in [3.05, 3.63) is 120 Å². The zero-order chi connectivity index (χ0) is 22.6. The van der Waals surface area contributed by atoms with Crippen molar-refractivity contribution in [3.8, 4) is 17.0 Å². The van der Waals surface area contributed by atoms with Gasteiger partial charge in [0.05, 0.1) is 12.1 Å². The number of hydrogen-bond acceptors (Lipinski definition) is 3. The highest BCUT2D eigenvalue weighted by atomic mass is 16.3. The standard InChI is InChI=1S/C28H21N3O2/c32-27(23-17-15-22(16-18-23)21-11-5-2-6-12-21)30-29-26-24-13-7-8-14-25(24)31(28(26)33)19-20-9-3-1-4-10-20/h1-18,33H,19H2. The molecule has 0 atom stereocenters. The second-order valence-corrected chi connectivity index (χ2v) is 7.71. The van der Waals surface area contributed by atoms with Gasteiger partial charge in [-0.15, -0.1) is 10.2 Å². The Bertz CT molecular complexity index is 1440. The lowest BCUT2D eigenvalue weighted by Gasteiger charge is -2.06. The fourth-order valence-electron chi connectivity index (χ4n) is 3.89. The third-order valence-corrected chi connectivity index (χ3v) is 5.58. The van der Waals surface area contributed by atoms with Crippen LogP contribution in [0.2, 0.25) is 0 Å². The Morgan fingerprint density at radius 3 is 2.06 bits per heavy atom. The van der Waals surface area contributed by atoms with Gasteiger partial charge in [-0.3, -0.25) is 4.79 Å². The van der Waals surface area contributed by atoms with Crippen LogP contribution in [-0.4, -0.2) is 15.6 Å².